The molecular weight excluding hydrogens is 210 g/mol. The van der Waals surface area contributed by atoms with Crippen molar-refractivity contribution in [3.8, 4) is 0 Å². The standard InChI is InChI=1S/C13H13N3.CH4/c1-2-16-13-5-11-9-3-8(6-14-7-9)10(11)4-12(13)15-1;/h1-2,4-5,8-9,14H,3,6-7H2;1H4. The Balaban J connectivity index is 0.000000902. The summed E-state index contributed by atoms with van der Waals surface area (Å²) in [6.07, 6.45) is 4.85. The molecule has 2 bridgehead atoms. The van der Waals surface area contributed by atoms with Crippen molar-refractivity contribution in [1.29, 1.82) is 0 Å². The van der Waals surface area contributed by atoms with Crippen LogP contribution in [-0.4, -0.2) is 23.1 Å². The lowest BCUT2D eigenvalue weighted by molar-refractivity contribution is 0.454. The quantitative estimate of drug-likeness (QED) is 0.751. The summed E-state index contributed by atoms with van der Waals surface area (Å²) in [6, 6.07) is 4.49. The van der Waals surface area contributed by atoms with E-state index in [1.54, 1.807) is 12.4 Å². The predicted molar refractivity (Wildman–Crippen MR) is 69.2 cm³/mol. The summed E-state index contributed by atoms with van der Waals surface area (Å²) in [5.74, 6) is 1.39. The van der Waals surface area contributed by atoms with Gasteiger partial charge in [0.25, 0.3) is 0 Å². The molecule has 1 aromatic heterocycles. The lowest BCUT2D eigenvalue weighted by atomic mass is 9.98. The normalized spacial score (nSPS) is 25.4. The van der Waals surface area contributed by atoms with Gasteiger partial charge >= 0.3 is 0 Å². The third kappa shape index (κ3) is 1.46. The van der Waals surface area contributed by atoms with Gasteiger partial charge in [-0.1, -0.05) is 7.43 Å². The summed E-state index contributed by atoms with van der Waals surface area (Å²) in [6.45, 7) is 2.24. The topological polar surface area (TPSA) is 37.8 Å². The maximum atomic E-state index is 4.39. The number of fused-ring (bicyclic) bond motifs is 6. The van der Waals surface area contributed by atoms with Crippen molar-refractivity contribution in [2.45, 2.75) is 25.7 Å². The first kappa shape index (κ1) is 10.7. The minimum atomic E-state index is 0. The highest BCUT2D eigenvalue weighted by Gasteiger charge is 2.34. The smallest absolute Gasteiger partial charge is 0.0889 e. The number of hydrogen-bond acceptors (Lipinski definition) is 3. The first-order chi connectivity index (χ1) is 7.92. The molecule has 2 aromatic rings. The van der Waals surface area contributed by atoms with Gasteiger partial charge in [-0.2, -0.15) is 0 Å². The fourth-order valence-corrected chi connectivity index (χ4v) is 3.17. The molecule has 1 fully saturated rings. The van der Waals surface area contributed by atoms with Crippen LogP contribution in [0, 0.1) is 0 Å². The molecule has 2 unspecified atom stereocenters. The van der Waals surface area contributed by atoms with Crippen LogP contribution >= 0.6 is 0 Å². The Bertz CT molecular complexity index is 516. The highest BCUT2D eigenvalue weighted by molar-refractivity contribution is 5.77. The van der Waals surface area contributed by atoms with Crippen LogP contribution in [0.25, 0.3) is 11.0 Å². The molecular formula is C14H17N3. The maximum Gasteiger partial charge on any atom is 0.0889 e. The van der Waals surface area contributed by atoms with Crippen LogP contribution in [-0.2, 0) is 0 Å². The van der Waals surface area contributed by atoms with Crippen LogP contribution in [0.4, 0.5) is 0 Å². The van der Waals surface area contributed by atoms with Crippen molar-refractivity contribution in [1.82, 2.24) is 15.3 Å². The zero-order chi connectivity index (χ0) is 10.5. The molecule has 0 radical (unpaired) electrons. The monoisotopic (exact) mass is 227 g/mol. The summed E-state index contributed by atoms with van der Waals surface area (Å²) >= 11 is 0. The van der Waals surface area contributed by atoms with Crippen LogP contribution in [0.15, 0.2) is 24.5 Å². The summed E-state index contributed by atoms with van der Waals surface area (Å²) in [7, 11) is 0. The summed E-state index contributed by atoms with van der Waals surface area (Å²) in [5, 5.41) is 3.51. The Labute approximate surface area is 101 Å². The number of benzene rings is 1. The van der Waals surface area contributed by atoms with E-state index < -0.39 is 0 Å². The van der Waals surface area contributed by atoms with Crippen LogP contribution in [0.3, 0.4) is 0 Å². The Kier molecular flexibility index (Phi) is 2.37. The maximum absolute atomic E-state index is 4.39. The second-order valence-corrected chi connectivity index (χ2v) is 4.81. The molecule has 1 saturated heterocycles. The molecule has 3 nitrogen and oxygen atoms in total. The largest absolute Gasteiger partial charge is 0.316 e. The Morgan fingerprint density at radius 3 is 2.00 bits per heavy atom. The van der Waals surface area contributed by atoms with Gasteiger partial charge in [0.15, 0.2) is 0 Å². The number of hydrogen-bond donors (Lipinski definition) is 1. The average Bonchev–Trinajstić information content (AvgIpc) is 2.59. The second kappa shape index (κ2) is 3.77. The Morgan fingerprint density at radius 1 is 0.941 bits per heavy atom. The van der Waals surface area contributed by atoms with Crippen molar-refractivity contribution in [3.63, 3.8) is 0 Å². The number of aromatic nitrogens is 2. The van der Waals surface area contributed by atoms with Gasteiger partial charge < -0.3 is 5.32 Å². The van der Waals surface area contributed by atoms with Gasteiger partial charge in [-0.05, 0) is 41.5 Å². The number of rotatable bonds is 0. The molecule has 2 heterocycles. The molecule has 2 aliphatic rings. The first-order valence-corrected chi connectivity index (χ1v) is 5.87. The van der Waals surface area contributed by atoms with E-state index in [0.29, 0.717) is 11.8 Å². The lowest BCUT2D eigenvalue weighted by Crippen LogP contribution is -2.28. The van der Waals surface area contributed by atoms with Gasteiger partial charge in [-0.15, -0.1) is 0 Å². The number of nitrogens with one attached hydrogen (secondary N) is 1. The lowest BCUT2D eigenvalue weighted by Gasteiger charge is -2.19. The molecule has 0 saturated carbocycles. The van der Waals surface area contributed by atoms with E-state index in [0.717, 1.165) is 24.1 Å². The molecule has 1 N–H and O–H groups in total. The van der Waals surface area contributed by atoms with Gasteiger partial charge in [-0.3, -0.25) is 9.97 Å². The number of piperidine rings is 1. The van der Waals surface area contributed by atoms with Crippen molar-refractivity contribution in [2.75, 3.05) is 13.1 Å². The molecule has 1 aromatic carbocycles. The van der Waals surface area contributed by atoms with Crippen molar-refractivity contribution in [3.05, 3.63) is 35.7 Å². The molecule has 3 heteroatoms. The first-order valence-electron chi connectivity index (χ1n) is 5.87. The minimum Gasteiger partial charge on any atom is -0.316 e. The van der Waals surface area contributed by atoms with Crippen LogP contribution in [0.2, 0.25) is 0 Å². The van der Waals surface area contributed by atoms with Crippen LogP contribution in [0.1, 0.15) is 36.8 Å². The molecule has 88 valence electrons. The predicted octanol–water partition coefficient (Wildman–Crippen LogP) is 2.44. The molecule has 4 rings (SSSR count). The minimum absolute atomic E-state index is 0. The molecule has 1 aliphatic heterocycles. The van der Waals surface area contributed by atoms with Gasteiger partial charge in [-0.25, -0.2) is 0 Å². The second-order valence-electron chi connectivity index (χ2n) is 4.81. The molecule has 2 atom stereocenters. The van der Waals surface area contributed by atoms with Gasteiger partial charge in [0.2, 0.25) is 0 Å². The SMILES string of the molecule is C.c1cnc2cc3c(cc2n1)C1CNCC3C1. The average molecular weight is 227 g/mol. The van der Waals surface area contributed by atoms with Gasteiger partial charge in [0.05, 0.1) is 11.0 Å². The van der Waals surface area contributed by atoms with Crippen molar-refractivity contribution in [2.24, 2.45) is 0 Å². The van der Waals surface area contributed by atoms with E-state index in [-0.39, 0.29) is 7.43 Å². The van der Waals surface area contributed by atoms with E-state index in [2.05, 4.69) is 27.4 Å². The Morgan fingerprint density at radius 2 is 1.47 bits per heavy atom. The van der Waals surface area contributed by atoms with Gasteiger partial charge in [0, 0.05) is 25.5 Å². The highest BCUT2D eigenvalue weighted by atomic mass is 14.9. The number of nitrogens with zero attached hydrogens (tertiary/aromatic N) is 2. The van der Waals surface area contributed by atoms with Gasteiger partial charge in [0.1, 0.15) is 0 Å². The van der Waals surface area contributed by atoms with E-state index >= 15 is 0 Å². The summed E-state index contributed by atoms with van der Waals surface area (Å²) in [5.41, 5.74) is 5.08. The highest BCUT2D eigenvalue weighted by Crippen LogP contribution is 2.44. The molecule has 17 heavy (non-hydrogen) atoms. The van der Waals surface area contributed by atoms with Crippen LogP contribution in [0.5, 0.6) is 0 Å². The zero-order valence-electron chi connectivity index (χ0n) is 8.98. The van der Waals surface area contributed by atoms with Crippen molar-refractivity contribution < 1.29 is 0 Å². The molecule has 0 amide bonds. The van der Waals surface area contributed by atoms with E-state index in [1.807, 2.05) is 0 Å². The molecule has 0 spiro atoms. The van der Waals surface area contributed by atoms with E-state index in [4.69, 9.17) is 0 Å². The fraction of sp³-hybridized carbons (Fsp3) is 0.429. The van der Waals surface area contributed by atoms with E-state index in [9.17, 15) is 0 Å². The Hall–Kier alpha value is -1.48. The molecule has 1 aliphatic carbocycles. The summed E-state index contributed by atoms with van der Waals surface area (Å²) in [4.78, 5) is 8.78. The van der Waals surface area contributed by atoms with Crippen LogP contribution < -0.4 is 5.32 Å². The van der Waals surface area contributed by atoms with Crippen molar-refractivity contribution >= 4 is 11.0 Å². The summed E-state index contributed by atoms with van der Waals surface area (Å²) < 4.78 is 0. The fourth-order valence-electron chi connectivity index (χ4n) is 3.17. The third-order valence-electron chi connectivity index (χ3n) is 3.90. The zero-order valence-corrected chi connectivity index (χ0v) is 8.98. The van der Waals surface area contributed by atoms with E-state index in [1.165, 1.54) is 17.5 Å². The third-order valence-corrected chi connectivity index (χ3v) is 3.90.